The third-order valence-electron chi connectivity index (χ3n) is 3.21. The van der Waals surface area contributed by atoms with Crippen molar-refractivity contribution in [2.75, 3.05) is 6.61 Å². The molecule has 1 aromatic rings. The van der Waals surface area contributed by atoms with Crippen LogP contribution in [0.4, 0.5) is 0 Å². The first-order valence-corrected chi connectivity index (χ1v) is 5.63. The predicted octanol–water partition coefficient (Wildman–Crippen LogP) is 1.64. The highest BCUT2D eigenvalue weighted by Crippen LogP contribution is 2.28. The van der Waals surface area contributed by atoms with E-state index >= 15 is 0 Å². The van der Waals surface area contributed by atoms with Crippen LogP contribution < -0.4 is 5.73 Å². The second-order valence-corrected chi connectivity index (χ2v) is 4.17. The fourth-order valence-corrected chi connectivity index (χ4v) is 2.17. The molecule has 0 spiro atoms. The molecule has 0 saturated carbocycles. The zero-order valence-corrected chi connectivity index (χ0v) is 9.39. The number of nitrogens with zero attached hydrogens (tertiary/aromatic N) is 2. The Labute approximate surface area is 90.4 Å². The van der Waals surface area contributed by atoms with Gasteiger partial charge in [0, 0.05) is 18.8 Å². The van der Waals surface area contributed by atoms with Crippen LogP contribution in [0.15, 0.2) is 12.5 Å². The van der Waals surface area contributed by atoms with E-state index in [2.05, 4.69) is 23.4 Å². The van der Waals surface area contributed by atoms with E-state index in [1.165, 1.54) is 0 Å². The molecule has 2 unspecified atom stereocenters. The van der Waals surface area contributed by atoms with Gasteiger partial charge in [-0.2, -0.15) is 0 Å². The first-order chi connectivity index (χ1) is 7.24. The Hall–Kier alpha value is -0.870. The molecule has 2 N–H and O–H groups in total. The highest BCUT2D eigenvalue weighted by Gasteiger charge is 2.27. The molecule has 1 aliphatic heterocycles. The molecule has 0 amide bonds. The second kappa shape index (κ2) is 4.33. The number of hydrogen-bond acceptors (Lipinski definition) is 3. The van der Waals surface area contributed by atoms with Gasteiger partial charge >= 0.3 is 0 Å². The summed E-state index contributed by atoms with van der Waals surface area (Å²) in [7, 11) is 0. The minimum absolute atomic E-state index is 0.0836. The van der Waals surface area contributed by atoms with Gasteiger partial charge < -0.3 is 15.0 Å². The van der Waals surface area contributed by atoms with Gasteiger partial charge in [-0.25, -0.2) is 4.98 Å². The molecule has 1 aliphatic rings. The van der Waals surface area contributed by atoms with Crippen molar-refractivity contribution in [2.45, 2.75) is 44.9 Å². The van der Waals surface area contributed by atoms with Crippen LogP contribution >= 0.6 is 0 Å². The van der Waals surface area contributed by atoms with Gasteiger partial charge in [-0.1, -0.05) is 6.92 Å². The minimum atomic E-state index is 0.0836. The molecule has 1 aromatic heterocycles. The largest absolute Gasteiger partial charge is 0.376 e. The van der Waals surface area contributed by atoms with E-state index in [1.807, 2.05) is 12.5 Å². The lowest BCUT2D eigenvalue weighted by Gasteiger charge is -2.21. The Kier molecular flexibility index (Phi) is 3.07. The topological polar surface area (TPSA) is 53.1 Å². The SMILES string of the molecule is CC[C@@H](N)c1cncn1C1CCOC1C. The maximum Gasteiger partial charge on any atom is 0.0952 e. The van der Waals surface area contributed by atoms with Crippen molar-refractivity contribution in [3.63, 3.8) is 0 Å². The zero-order valence-electron chi connectivity index (χ0n) is 9.39. The molecule has 84 valence electrons. The van der Waals surface area contributed by atoms with Crippen LogP contribution in [-0.2, 0) is 4.74 Å². The Morgan fingerprint density at radius 3 is 3.13 bits per heavy atom. The maximum absolute atomic E-state index is 6.05. The Balaban J connectivity index is 2.24. The molecular weight excluding hydrogens is 190 g/mol. The van der Waals surface area contributed by atoms with Crippen LogP contribution in [0.2, 0.25) is 0 Å². The average Bonchev–Trinajstić information content (AvgIpc) is 2.84. The third-order valence-corrected chi connectivity index (χ3v) is 3.21. The number of ether oxygens (including phenoxy) is 1. The van der Waals surface area contributed by atoms with Crippen molar-refractivity contribution >= 4 is 0 Å². The molecule has 0 bridgehead atoms. The smallest absolute Gasteiger partial charge is 0.0952 e. The summed E-state index contributed by atoms with van der Waals surface area (Å²) in [4.78, 5) is 4.20. The van der Waals surface area contributed by atoms with E-state index in [0.29, 0.717) is 6.04 Å². The lowest BCUT2D eigenvalue weighted by atomic mass is 10.1. The summed E-state index contributed by atoms with van der Waals surface area (Å²) in [5.41, 5.74) is 7.18. The van der Waals surface area contributed by atoms with Crippen molar-refractivity contribution in [1.82, 2.24) is 9.55 Å². The number of nitrogens with two attached hydrogens (primary N) is 1. The van der Waals surface area contributed by atoms with Crippen LogP contribution in [0.25, 0.3) is 0 Å². The van der Waals surface area contributed by atoms with E-state index in [0.717, 1.165) is 25.1 Å². The van der Waals surface area contributed by atoms with Gasteiger partial charge in [0.2, 0.25) is 0 Å². The number of rotatable bonds is 3. The van der Waals surface area contributed by atoms with Gasteiger partial charge in [-0.05, 0) is 19.8 Å². The van der Waals surface area contributed by atoms with Crippen LogP contribution in [0.5, 0.6) is 0 Å². The van der Waals surface area contributed by atoms with Crippen molar-refractivity contribution < 1.29 is 4.74 Å². The molecule has 4 nitrogen and oxygen atoms in total. The molecule has 2 heterocycles. The predicted molar refractivity (Wildman–Crippen MR) is 58.5 cm³/mol. The van der Waals surface area contributed by atoms with Crippen LogP contribution in [0, 0.1) is 0 Å². The fraction of sp³-hybridized carbons (Fsp3) is 0.727. The summed E-state index contributed by atoms with van der Waals surface area (Å²) >= 11 is 0. The Bertz CT molecular complexity index is 323. The van der Waals surface area contributed by atoms with Gasteiger partial charge in [-0.3, -0.25) is 0 Å². The zero-order chi connectivity index (χ0) is 10.8. The van der Waals surface area contributed by atoms with Gasteiger partial charge in [0.05, 0.1) is 24.2 Å². The van der Waals surface area contributed by atoms with Crippen LogP contribution in [-0.4, -0.2) is 22.3 Å². The second-order valence-electron chi connectivity index (χ2n) is 4.17. The number of imidazole rings is 1. The van der Waals surface area contributed by atoms with E-state index in [9.17, 15) is 0 Å². The lowest BCUT2D eigenvalue weighted by Crippen LogP contribution is -2.22. The fourth-order valence-electron chi connectivity index (χ4n) is 2.17. The van der Waals surface area contributed by atoms with Crippen molar-refractivity contribution in [1.29, 1.82) is 0 Å². The molecule has 2 rings (SSSR count). The quantitative estimate of drug-likeness (QED) is 0.823. The van der Waals surface area contributed by atoms with Gasteiger partial charge in [0.25, 0.3) is 0 Å². The molecule has 15 heavy (non-hydrogen) atoms. The molecule has 0 aromatic carbocycles. The lowest BCUT2D eigenvalue weighted by molar-refractivity contribution is 0.107. The first-order valence-electron chi connectivity index (χ1n) is 5.63. The molecular formula is C11H19N3O. The Morgan fingerprint density at radius 2 is 2.53 bits per heavy atom. The number of aromatic nitrogens is 2. The molecule has 1 fully saturated rings. The summed E-state index contributed by atoms with van der Waals surface area (Å²) in [6, 6.07) is 0.486. The monoisotopic (exact) mass is 209 g/mol. The van der Waals surface area contributed by atoms with E-state index in [-0.39, 0.29) is 12.1 Å². The molecule has 1 saturated heterocycles. The summed E-state index contributed by atoms with van der Waals surface area (Å²) in [6.45, 7) is 5.04. The van der Waals surface area contributed by atoms with E-state index in [4.69, 9.17) is 10.5 Å². The molecule has 0 radical (unpaired) electrons. The average molecular weight is 209 g/mol. The van der Waals surface area contributed by atoms with E-state index in [1.54, 1.807) is 0 Å². The molecule has 3 atom stereocenters. The summed E-state index contributed by atoms with van der Waals surface area (Å²) < 4.78 is 7.75. The van der Waals surface area contributed by atoms with Gasteiger partial charge in [-0.15, -0.1) is 0 Å². The minimum Gasteiger partial charge on any atom is -0.376 e. The van der Waals surface area contributed by atoms with Crippen molar-refractivity contribution in [3.05, 3.63) is 18.2 Å². The molecule has 4 heteroatoms. The van der Waals surface area contributed by atoms with Crippen molar-refractivity contribution in [3.8, 4) is 0 Å². The number of hydrogen-bond donors (Lipinski definition) is 1. The standard InChI is InChI=1S/C11H19N3O/c1-3-9(12)11-6-13-7-14(11)10-4-5-15-8(10)2/h6-10H,3-5,12H2,1-2H3/t8?,9-,10?/m1/s1. The van der Waals surface area contributed by atoms with Gasteiger partial charge in [0.1, 0.15) is 0 Å². The summed E-state index contributed by atoms with van der Waals surface area (Å²) in [6.07, 6.45) is 6.01. The van der Waals surface area contributed by atoms with Crippen LogP contribution in [0.1, 0.15) is 44.5 Å². The van der Waals surface area contributed by atoms with E-state index < -0.39 is 0 Å². The molecule has 0 aliphatic carbocycles. The third kappa shape index (κ3) is 1.92. The van der Waals surface area contributed by atoms with Crippen LogP contribution in [0.3, 0.4) is 0 Å². The van der Waals surface area contributed by atoms with Gasteiger partial charge in [0.15, 0.2) is 0 Å². The summed E-state index contributed by atoms with van der Waals surface area (Å²) in [5, 5.41) is 0. The normalized spacial score (nSPS) is 28.2. The first kappa shape index (κ1) is 10.6. The highest BCUT2D eigenvalue weighted by atomic mass is 16.5. The Morgan fingerprint density at radius 1 is 1.73 bits per heavy atom. The maximum atomic E-state index is 6.05. The summed E-state index contributed by atoms with van der Waals surface area (Å²) in [5.74, 6) is 0. The van der Waals surface area contributed by atoms with Crippen molar-refractivity contribution in [2.24, 2.45) is 5.73 Å². The highest BCUT2D eigenvalue weighted by molar-refractivity contribution is 5.07.